The van der Waals surface area contributed by atoms with Gasteiger partial charge in [0, 0.05) is 23.9 Å². The van der Waals surface area contributed by atoms with Crippen molar-refractivity contribution in [1.82, 2.24) is 5.01 Å². The molecule has 0 fully saturated rings. The third kappa shape index (κ3) is 3.70. The molecule has 1 atom stereocenters. The molecule has 1 aromatic carbocycles. The number of nitrogens with one attached hydrogen (secondary N) is 1. The number of hydrazone groups is 1. The van der Waals surface area contributed by atoms with E-state index in [0.29, 0.717) is 11.3 Å². The number of thiophene rings is 2. The van der Waals surface area contributed by atoms with Crippen molar-refractivity contribution < 1.29 is 9.59 Å². The molecule has 1 unspecified atom stereocenters. The number of anilines is 1. The predicted molar refractivity (Wildman–Crippen MR) is 109 cm³/mol. The summed E-state index contributed by atoms with van der Waals surface area (Å²) in [6, 6.07) is 15.2. The minimum atomic E-state index is -0.119. The Morgan fingerprint density at radius 3 is 2.63 bits per heavy atom. The molecule has 0 saturated carbocycles. The largest absolute Gasteiger partial charge is 0.326 e. The minimum Gasteiger partial charge on any atom is -0.326 e. The first kappa shape index (κ1) is 17.6. The van der Waals surface area contributed by atoms with E-state index < -0.39 is 0 Å². The number of hydrogen-bond acceptors (Lipinski definition) is 5. The number of hydrogen-bond donors (Lipinski definition) is 1. The van der Waals surface area contributed by atoms with Crippen molar-refractivity contribution >= 4 is 45.9 Å². The number of nitrogens with zero attached hydrogens (tertiary/aromatic N) is 2. The Morgan fingerprint density at radius 1 is 1.11 bits per heavy atom. The van der Waals surface area contributed by atoms with Crippen molar-refractivity contribution in [2.24, 2.45) is 5.10 Å². The van der Waals surface area contributed by atoms with Gasteiger partial charge in [0.1, 0.15) is 0 Å². The first-order valence-corrected chi connectivity index (χ1v) is 10.2. The second-order valence-corrected chi connectivity index (χ2v) is 8.10. The van der Waals surface area contributed by atoms with Gasteiger partial charge >= 0.3 is 0 Å². The fourth-order valence-corrected chi connectivity index (χ4v) is 4.53. The first-order chi connectivity index (χ1) is 13.1. The SMILES string of the molecule is CC(=O)Nc1cccc(C2=NN(C(=O)c3cccs3)C(c3cccs3)C2)c1. The van der Waals surface area contributed by atoms with Crippen molar-refractivity contribution in [2.75, 3.05) is 5.32 Å². The van der Waals surface area contributed by atoms with Crippen LogP contribution in [0.2, 0.25) is 0 Å². The summed E-state index contributed by atoms with van der Waals surface area (Å²) in [6.45, 7) is 1.48. The van der Waals surface area contributed by atoms with Crippen LogP contribution in [0.25, 0.3) is 0 Å². The predicted octanol–water partition coefficient (Wildman–Crippen LogP) is 4.76. The van der Waals surface area contributed by atoms with E-state index in [2.05, 4.69) is 10.4 Å². The molecule has 0 aliphatic carbocycles. The summed E-state index contributed by atoms with van der Waals surface area (Å²) in [4.78, 5) is 26.1. The van der Waals surface area contributed by atoms with Crippen LogP contribution in [0.3, 0.4) is 0 Å². The zero-order chi connectivity index (χ0) is 18.8. The summed E-state index contributed by atoms with van der Waals surface area (Å²) in [5.74, 6) is -0.206. The second-order valence-electron chi connectivity index (χ2n) is 6.17. The lowest BCUT2D eigenvalue weighted by molar-refractivity contribution is -0.114. The molecule has 3 aromatic rings. The number of carbonyl (C=O) groups excluding carboxylic acids is 2. The normalized spacial score (nSPS) is 16.3. The lowest BCUT2D eigenvalue weighted by Crippen LogP contribution is -2.25. The van der Waals surface area contributed by atoms with Gasteiger partial charge in [-0.25, -0.2) is 5.01 Å². The third-order valence-electron chi connectivity index (χ3n) is 4.24. The third-order valence-corrected chi connectivity index (χ3v) is 6.07. The smallest absolute Gasteiger partial charge is 0.284 e. The van der Waals surface area contributed by atoms with Crippen LogP contribution in [-0.4, -0.2) is 22.5 Å². The lowest BCUT2D eigenvalue weighted by atomic mass is 10.0. The van der Waals surface area contributed by atoms with Crippen LogP contribution < -0.4 is 5.32 Å². The Kier molecular flexibility index (Phi) is 4.87. The van der Waals surface area contributed by atoms with Crippen molar-refractivity contribution in [1.29, 1.82) is 0 Å². The van der Waals surface area contributed by atoms with Crippen LogP contribution in [0, 0.1) is 0 Å². The molecule has 1 aliphatic heterocycles. The average molecular weight is 396 g/mol. The maximum atomic E-state index is 13.0. The van der Waals surface area contributed by atoms with E-state index in [1.807, 2.05) is 59.3 Å². The van der Waals surface area contributed by atoms with Crippen LogP contribution in [0.5, 0.6) is 0 Å². The number of benzene rings is 1. The van der Waals surface area contributed by atoms with Gasteiger partial charge in [-0.1, -0.05) is 24.3 Å². The molecule has 0 spiro atoms. The molecule has 4 rings (SSSR count). The highest BCUT2D eigenvalue weighted by Crippen LogP contribution is 2.36. The Balaban J connectivity index is 1.68. The highest BCUT2D eigenvalue weighted by atomic mass is 32.1. The van der Waals surface area contributed by atoms with Crippen LogP contribution in [0.4, 0.5) is 5.69 Å². The first-order valence-electron chi connectivity index (χ1n) is 8.48. The van der Waals surface area contributed by atoms with Gasteiger partial charge in [0.15, 0.2) is 0 Å². The molecule has 3 heterocycles. The fourth-order valence-electron chi connectivity index (χ4n) is 3.07. The van der Waals surface area contributed by atoms with Crippen LogP contribution in [0.1, 0.15) is 39.5 Å². The van der Waals surface area contributed by atoms with E-state index in [9.17, 15) is 9.59 Å². The molecule has 7 heteroatoms. The molecule has 0 bridgehead atoms. The zero-order valence-corrected chi connectivity index (χ0v) is 16.2. The van der Waals surface area contributed by atoms with Gasteiger partial charge in [-0.2, -0.15) is 5.10 Å². The number of carbonyl (C=O) groups is 2. The monoisotopic (exact) mass is 395 g/mol. The Labute approximate surface area is 165 Å². The van der Waals surface area contributed by atoms with Gasteiger partial charge in [-0.05, 0) is 40.6 Å². The highest BCUT2D eigenvalue weighted by molar-refractivity contribution is 7.12. The van der Waals surface area contributed by atoms with Crippen molar-refractivity contribution in [3.05, 3.63) is 74.6 Å². The number of rotatable bonds is 4. The van der Waals surface area contributed by atoms with Crippen molar-refractivity contribution in [3.8, 4) is 0 Å². The van der Waals surface area contributed by atoms with E-state index >= 15 is 0 Å². The molecule has 2 aromatic heterocycles. The molecule has 1 aliphatic rings. The Hall–Kier alpha value is -2.77. The summed E-state index contributed by atoms with van der Waals surface area (Å²) in [7, 11) is 0. The van der Waals surface area contributed by atoms with Crippen LogP contribution in [-0.2, 0) is 4.79 Å². The molecule has 0 saturated heterocycles. The minimum absolute atomic E-state index is 0.0867. The van der Waals surface area contributed by atoms with Crippen molar-refractivity contribution in [3.63, 3.8) is 0 Å². The van der Waals surface area contributed by atoms with E-state index in [0.717, 1.165) is 21.8 Å². The molecule has 1 N–H and O–H groups in total. The van der Waals surface area contributed by atoms with Crippen LogP contribution >= 0.6 is 22.7 Å². The van der Waals surface area contributed by atoms with Gasteiger partial charge in [0.2, 0.25) is 5.91 Å². The molecular formula is C20H17N3O2S2. The molecule has 0 radical (unpaired) electrons. The van der Waals surface area contributed by atoms with Gasteiger partial charge in [-0.15, -0.1) is 22.7 Å². The molecule has 27 heavy (non-hydrogen) atoms. The second kappa shape index (κ2) is 7.46. The molecule has 2 amide bonds. The Morgan fingerprint density at radius 2 is 1.93 bits per heavy atom. The van der Waals surface area contributed by atoms with Crippen molar-refractivity contribution in [2.45, 2.75) is 19.4 Å². The zero-order valence-electron chi connectivity index (χ0n) is 14.6. The topological polar surface area (TPSA) is 61.8 Å². The summed E-state index contributed by atoms with van der Waals surface area (Å²) in [5.41, 5.74) is 2.47. The van der Waals surface area contributed by atoms with Gasteiger partial charge in [0.05, 0.1) is 16.6 Å². The summed E-state index contributed by atoms with van der Waals surface area (Å²) >= 11 is 3.05. The molecule has 5 nitrogen and oxygen atoms in total. The standard InChI is InChI=1S/C20H17N3O2S2/c1-13(24)21-15-6-2-5-14(11-15)16-12-17(18-7-3-9-26-18)23(22-16)20(25)19-8-4-10-27-19/h2-11,17H,12H2,1H3,(H,21,24). The van der Waals surface area contributed by atoms with Gasteiger partial charge in [-0.3, -0.25) is 9.59 Å². The van der Waals surface area contributed by atoms with E-state index in [4.69, 9.17) is 0 Å². The van der Waals surface area contributed by atoms with E-state index in [1.165, 1.54) is 18.3 Å². The van der Waals surface area contributed by atoms with E-state index in [-0.39, 0.29) is 17.9 Å². The highest BCUT2D eigenvalue weighted by Gasteiger charge is 2.34. The van der Waals surface area contributed by atoms with Gasteiger partial charge in [0.25, 0.3) is 5.91 Å². The summed E-state index contributed by atoms with van der Waals surface area (Å²) < 4.78 is 0. The quantitative estimate of drug-likeness (QED) is 0.692. The maximum absolute atomic E-state index is 13.0. The summed E-state index contributed by atoms with van der Waals surface area (Å²) in [6.07, 6.45) is 0.640. The fraction of sp³-hybridized carbons (Fsp3) is 0.150. The van der Waals surface area contributed by atoms with Crippen LogP contribution in [0.15, 0.2) is 64.4 Å². The molecule has 136 valence electrons. The van der Waals surface area contributed by atoms with Gasteiger partial charge < -0.3 is 5.32 Å². The summed E-state index contributed by atoms with van der Waals surface area (Å²) in [5, 5.41) is 13.0. The maximum Gasteiger partial charge on any atom is 0.284 e. The Bertz CT molecular complexity index is 994. The molecular weight excluding hydrogens is 378 g/mol. The van der Waals surface area contributed by atoms with E-state index in [1.54, 1.807) is 16.3 Å². The lowest BCUT2D eigenvalue weighted by Gasteiger charge is -2.19. The average Bonchev–Trinajstić information content (AvgIpc) is 3.41. The number of amides is 2.